The molecule has 1 aromatic rings. The highest BCUT2D eigenvalue weighted by molar-refractivity contribution is 6.31. The second-order valence-corrected chi connectivity index (χ2v) is 5.75. The number of rotatable bonds is 2. The Bertz CT molecular complexity index is 451. The van der Waals surface area contributed by atoms with Crippen LogP contribution in [0.25, 0.3) is 0 Å². The van der Waals surface area contributed by atoms with Crippen molar-refractivity contribution in [3.8, 4) is 0 Å². The van der Waals surface area contributed by atoms with Crippen molar-refractivity contribution < 1.29 is 9.90 Å². The Kier molecular flexibility index (Phi) is 3.81. The topological polar surface area (TPSA) is 40.5 Å². The van der Waals surface area contributed by atoms with Crippen molar-refractivity contribution >= 4 is 23.3 Å². The van der Waals surface area contributed by atoms with Gasteiger partial charge < -0.3 is 10.0 Å². The van der Waals surface area contributed by atoms with Crippen molar-refractivity contribution in [2.24, 2.45) is 11.8 Å². The number of benzene rings is 1. The Morgan fingerprint density at radius 2 is 1.94 bits per heavy atom. The van der Waals surface area contributed by atoms with Gasteiger partial charge in [0, 0.05) is 18.1 Å². The first-order chi connectivity index (χ1) is 8.47. The molecule has 4 heteroatoms. The summed E-state index contributed by atoms with van der Waals surface area (Å²) in [6, 6.07) is 5.10. The van der Waals surface area contributed by atoms with Crippen LogP contribution < -0.4 is 4.90 Å². The maximum Gasteiger partial charge on any atom is 0.337 e. The van der Waals surface area contributed by atoms with Crippen LogP contribution in [0, 0.1) is 11.8 Å². The normalized spacial score (nSPS) is 24.1. The van der Waals surface area contributed by atoms with Crippen LogP contribution in [0.1, 0.15) is 30.6 Å². The average Bonchev–Trinajstić information content (AvgIpc) is 2.27. The average molecular weight is 268 g/mol. The molecule has 1 heterocycles. The highest BCUT2D eigenvalue weighted by Gasteiger charge is 2.25. The zero-order valence-electron chi connectivity index (χ0n) is 10.7. The first-order valence-corrected chi connectivity index (χ1v) is 6.63. The van der Waals surface area contributed by atoms with E-state index in [-0.39, 0.29) is 0 Å². The van der Waals surface area contributed by atoms with Crippen molar-refractivity contribution in [2.75, 3.05) is 18.0 Å². The number of anilines is 1. The minimum Gasteiger partial charge on any atom is -0.478 e. The summed E-state index contributed by atoms with van der Waals surface area (Å²) in [5.41, 5.74) is 1.08. The third kappa shape index (κ3) is 2.78. The van der Waals surface area contributed by atoms with Gasteiger partial charge in [-0.3, -0.25) is 0 Å². The Hall–Kier alpha value is -1.22. The summed E-state index contributed by atoms with van der Waals surface area (Å²) in [5, 5.41) is 9.73. The van der Waals surface area contributed by atoms with Crippen LogP contribution in [-0.2, 0) is 0 Å². The van der Waals surface area contributed by atoms with Crippen LogP contribution in [0.15, 0.2) is 18.2 Å². The number of carboxylic acids is 1. The molecule has 0 amide bonds. The SMILES string of the molecule is C[C@@H]1C[C@H](C)CN(c2ccc(Cl)cc2C(=O)O)C1. The number of hydrogen-bond acceptors (Lipinski definition) is 2. The van der Waals surface area contributed by atoms with Crippen molar-refractivity contribution in [1.82, 2.24) is 0 Å². The predicted molar refractivity (Wildman–Crippen MR) is 73.6 cm³/mol. The number of hydrogen-bond donors (Lipinski definition) is 1. The van der Waals surface area contributed by atoms with Crippen molar-refractivity contribution in [1.29, 1.82) is 0 Å². The fraction of sp³-hybridized carbons (Fsp3) is 0.500. The summed E-state index contributed by atoms with van der Waals surface area (Å²) < 4.78 is 0. The van der Waals surface area contributed by atoms with Gasteiger partial charge in [-0.2, -0.15) is 0 Å². The summed E-state index contributed by atoms with van der Waals surface area (Å²) in [6.07, 6.45) is 1.20. The zero-order chi connectivity index (χ0) is 13.3. The van der Waals surface area contributed by atoms with Crippen molar-refractivity contribution in [3.63, 3.8) is 0 Å². The van der Waals surface area contributed by atoms with Crippen LogP contribution >= 0.6 is 11.6 Å². The van der Waals surface area contributed by atoms with E-state index in [0.29, 0.717) is 22.4 Å². The van der Waals surface area contributed by atoms with Gasteiger partial charge in [0.15, 0.2) is 0 Å². The lowest BCUT2D eigenvalue weighted by Gasteiger charge is -2.37. The molecule has 1 aromatic carbocycles. The molecule has 3 nitrogen and oxygen atoms in total. The molecule has 0 saturated carbocycles. The molecular weight excluding hydrogens is 250 g/mol. The van der Waals surface area contributed by atoms with Crippen LogP contribution in [0.4, 0.5) is 5.69 Å². The summed E-state index contributed by atoms with van der Waals surface area (Å²) in [5.74, 6) is 0.260. The minimum atomic E-state index is -0.918. The van der Waals surface area contributed by atoms with Gasteiger partial charge in [0.2, 0.25) is 0 Å². The van der Waals surface area contributed by atoms with E-state index in [1.807, 2.05) is 6.07 Å². The second kappa shape index (κ2) is 5.19. The summed E-state index contributed by atoms with van der Waals surface area (Å²) in [7, 11) is 0. The highest BCUT2D eigenvalue weighted by Crippen LogP contribution is 2.30. The summed E-state index contributed by atoms with van der Waals surface area (Å²) in [6.45, 7) is 6.23. The maximum absolute atomic E-state index is 11.3. The molecule has 2 atom stereocenters. The van der Waals surface area contributed by atoms with Gasteiger partial charge in [-0.15, -0.1) is 0 Å². The van der Waals surface area contributed by atoms with Gasteiger partial charge >= 0.3 is 5.97 Å². The molecule has 1 N–H and O–H groups in total. The molecule has 18 heavy (non-hydrogen) atoms. The van der Waals surface area contributed by atoms with E-state index in [1.54, 1.807) is 6.07 Å². The van der Waals surface area contributed by atoms with Crippen LogP contribution in [0.5, 0.6) is 0 Å². The zero-order valence-corrected chi connectivity index (χ0v) is 11.4. The van der Waals surface area contributed by atoms with E-state index in [0.717, 1.165) is 18.8 Å². The quantitative estimate of drug-likeness (QED) is 0.891. The number of halogens is 1. The largest absolute Gasteiger partial charge is 0.478 e. The Balaban J connectivity index is 2.35. The molecule has 98 valence electrons. The number of nitrogens with zero attached hydrogens (tertiary/aromatic N) is 1. The van der Waals surface area contributed by atoms with E-state index >= 15 is 0 Å². The molecule has 0 unspecified atom stereocenters. The molecule has 1 saturated heterocycles. The Morgan fingerprint density at radius 3 is 2.50 bits per heavy atom. The molecule has 0 aliphatic carbocycles. The first-order valence-electron chi connectivity index (χ1n) is 6.25. The lowest BCUT2D eigenvalue weighted by atomic mass is 9.91. The van der Waals surface area contributed by atoms with Crippen molar-refractivity contribution in [2.45, 2.75) is 20.3 Å². The van der Waals surface area contributed by atoms with E-state index < -0.39 is 5.97 Å². The van der Waals surface area contributed by atoms with E-state index in [1.165, 1.54) is 12.5 Å². The van der Waals surface area contributed by atoms with Gasteiger partial charge in [-0.1, -0.05) is 25.4 Å². The predicted octanol–water partition coefficient (Wildman–Crippen LogP) is 3.52. The maximum atomic E-state index is 11.3. The summed E-state index contributed by atoms with van der Waals surface area (Å²) in [4.78, 5) is 13.5. The summed E-state index contributed by atoms with van der Waals surface area (Å²) >= 11 is 5.88. The van der Waals surface area contributed by atoms with Crippen LogP contribution in [0.3, 0.4) is 0 Å². The number of aromatic carboxylic acids is 1. The standard InChI is InChI=1S/C14H18ClNO2/c1-9-5-10(2)8-16(7-9)13-4-3-11(15)6-12(13)14(17)18/h3-4,6,9-10H,5,7-8H2,1-2H3,(H,17,18)/t9-,10+. The second-order valence-electron chi connectivity index (χ2n) is 5.32. The third-order valence-electron chi connectivity index (χ3n) is 3.40. The molecule has 1 aliphatic rings. The molecule has 1 aliphatic heterocycles. The van der Waals surface area contributed by atoms with E-state index in [4.69, 9.17) is 11.6 Å². The van der Waals surface area contributed by atoms with Gasteiger partial charge in [0.1, 0.15) is 0 Å². The smallest absolute Gasteiger partial charge is 0.337 e. The van der Waals surface area contributed by atoms with E-state index in [9.17, 15) is 9.90 Å². The minimum absolute atomic E-state index is 0.295. The molecule has 1 fully saturated rings. The number of carboxylic acid groups (broad SMARTS) is 1. The fourth-order valence-electron chi connectivity index (χ4n) is 2.81. The van der Waals surface area contributed by atoms with Gasteiger partial charge in [-0.25, -0.2) is 4.79 Å². The lowest BCUT2D eigenvalue weighted by molar-refractivity contribution is 0.0697. The number of carbonyl (C=O) groups is 1. The molecule has 0 radical (unpaired) electrons. The third-order valence-corrected chi connectivity index (χ3v) is 3.63. The fourth-order valence-corrected chi connectivity index (χ4v) is 2.99. The monoisotopic (exact) mass is 267 g/mol. The van der Waals surface area contributed by atoms with Crippen LogP contribution in [0.2, 0.25) is 5.02 Å². The van der Waals surface area contributed by atoms with Gasteiger partial charge in [0.25, 0.3) is 0 Å². The molecular formula is C14H18ClNO2. The van der Waals surface area contributed by atoms with Gasteiger partial charge in [-0.05, 0) is 36.5 Å². The Labute approximate surface area is 112 Å². The molecule has 2 rings (SSSR count). The molecule has 0 spiro atoms. The van der Waals surface area contributed by atoms with Gasteiger partial charge in [0.05, 0.1) is 11.3 Å². The van der Waals surface area contributed by atoms with Crippen LogP contribution in [-0.4, -0.2) is 24.2 Å². The first kappa shape index (κ1) is 13.2. The lowest BCUT2D eigenvalue weighted by Crippen LogP contribution is -2.39. The van der Waals surface area contributed by atoms with Crippen molar-refractivity contribution in [3.05, 3.63) is 28.8 Å². The highest BCUT2D eigenvalue weighted by atomic mass is 35.5. The molecule has 0 aromatic heterocycles. The molecule has 0 bridgehead atoms. The van der Waals surface area contributed by atoms with E-state index in [2.05, 4.69) is 18.7 Å². The number of piperidine rings is 1. The Morgan fingerprint density at radius 1 is 1.33 bits per heavy atom.